The van der Waals surface area contributed by atoms with E-state index in [0.717, 1.165) is 41.8 Å². The molecule has 0 saturated heterocycles. The minimum absolute atomic E-state index is 0.0311. The van der Waals surface area contributed by atoms with E-state index in [-0.39, 0.29) is 23.1 Å². The Kier molecular flexibility index (Phi) is 3.63. The van der Waals surface area contributed by atoms with Crippen LogP contribution in [0.25, 0.3) is 0 Å². The van der Waals surface area contributed by atoms with Gasteiger partial charge in [0, 0.05) is 23.7 Å². The smallest absolute Gasteiger partial charge is 0.271 e. The first-order chi connectivity index (χ1) is 11.9. The molecule has 0 atom stereocenters. The number of ketones is 1. The van der Waals surface area contributed by atoms with Crippen molar-refractivity contribution >= 4 is 11.7 Å². The van der Waals surface area contributed by atoms with Gasteiger partial charge in [0.25, 0.3) is 5.91 Å². The van der Waals surface area contributed by atoms with Gasteiger partial charge in [0.2, 0.25) is 0 Å². The highest BCUT2D eigenvalue weighted by molar-refractivity contribution is 6.04. The van der Waals surface area contributed by atoms with E-state index < -0.39 is 0 Å². The van der Waals surface area contributed by atoms with Gasteiger partial charge in [-0.2, -0.15) is 0 Å². The molecule has 2 heterocycles. The average Bonchev–Trinajstić information content (AvgIpc) is 3.13. The highest BCUT2D eigenvalue weighted by Crippen LogP contribution is 2.38. The Morgan fingerprint density at radius 2 is 2.12 bits per heavy atom. The molecule has 25 heavy (non-hydrogen) atoms. The molecule has 0 radical (unpaired) electrons. The summed E-state index contributed by atoms with van der Waals surface area (Å²) in [5.74, 6) is 0.894. The second-order valence-electron chi connectivity index (χ2n) is 8.16. The Morgan fingerprint density at radius 3 is 2.76 bits per heavy atom. The lowest BCUT2D eigenvalue weighted by molar-refractivity contribution is 0.0711. The molecule has 0 bridgehead atoms. The Labute approximate surface area is 147 Å². The van der Waals surface area contributed by atoms with Gasteiger partial charge in [-0.25, -0.2) is 0 Å². The van der Waals surface area contributed by atoms with Crippen LogP contribution in [0.3, 0.4) is 0 Å². The number of nitrogens with zero attached hydrogens (tertiary/aromatic N) is 1. The third-order valence-corrected chi connectivity index (χ3v) is 5.27. The number of carbonyl (C=O) groups excluding carboxylic acids is 2. The average molecular weight is 340 g/mol. The monoisotopic (exact) mass is 340 g/mol. The van der Waals surface area contributed by atoms with Gasteiger partial charge < -0.3 is 14.3 Å². The molecule has 0 aromatic carbocycles. The van der Waals surface area contributed by atoms with Crippen LogP contribution in [-0.4, -0.2) is 27.6 Å². The maximum absolute atomic E-state index is 13.2. The summed E-state index contributed by atoms with van der Waals surface area (Å²) in [7, 11) is 0. The van der Waals surface area contributed by atoms with E-state index in [4.69, 9.17) is 4.42 Å². The summed E-state index contributed by atoms with van der Waals surface area (Å²) in [6.07, 6.45) is 5.01. The van der Waals surface area contributed by atoms with Crippen LogP contribution < -0.4 is 0 Å². The molecule has 1 saturated carbocycles. The van der Waals surface area contributed by atoms with Crippen molar-refractivity contribution in [3.05, 3.63) is 46.7 Å². The van der Waals surface area contributed by atoms with E-state index in [0.29, 0.717) is 18.7 Å². The molecule has 5 nitrogen and oxygen atoms in total. The minimum atomic E-state index is -0.0634. The minimum Gasteiger partial charge on any atom is -0.467 e. The van der Waals surface area contributed by atoms with Crippen molar-refractivity contribution < 1.29 is 14.0 Å². The van der Waals surface area contributed by atoms with Gasteiger partial charge in [-0.15, -0.1) is 0 Å². The molecule has 1 amide bonds. The molecule has 0 spiro atoms. The number of Topliss-reactive ketones (excluding diaryl/α,β-unsaturated/α-hetero) is 1. The molecule has 2 aliphatic carbocycles. The third-order valence-electron chi connectivity index (χ3n) is 5.27. The molecule has 1 fully saturated rings. The molecular weight excluding hydrogens is 316 g/mol. The van der Waals surface area contributed by atoms with E-state index in [9.17, 15) is 9.59 Å². The SMILES string of the molecule is Cc1c(C(=O)N(Cc2ccco2)C2CC2)[nH]c2c1C(=O)CC(C)(C)C2. The van der Waals surface area contributed by atoms with E-state index in [2.05, 4.69) is 18.8 Å². The van der Waals surface area contributed by atoms with Crippen LogP contribution in [0.15, 0.2) is 22.8 Å². The largest absolute Gasteiger partial charge is 0.467 e. The summed E-state index contributed by atoms with van der Waals surface area (Å²) < 4.78 is 5.43. The Balaban J connectivity index is 1.67. The van der Waals surface area contributed by atoms with Gasteiger partial charge in [-0.05, 0) is 49.3 Å². The van der Waals surface area contributed by atoms with E-state index in [1.165, 1.54) is 0 Å². The molecule has 5 heteroatoms. The lowest BCUT2D eigenvalue weighted by Gasteiger charge is -2.28. The van der Waals surface area contributed by atoms with Gasteiger partial charge in [0.1, 0.15) is 11.5 Å². The van der Waals surface area contributed by atoms with Crippen LogP contribution >= 0.6 is 0 Å². The zero-order valence-electron chi connectivity index (χ0n) is 15.0. The zero-order valence-corrected chi connectivity index (χ0v) is 15.0. The van der Waals surface area contributed by atoms with Gasteiger partial charge in [0.15, 0.2) is 5.78 Å². The highest BCUT2D eigenvalue weighted by atomic mass is 16.3. The highest BCUT2D eigenvalue weighted by Gasteiger charge is 2.38. The zero-order chi connectivity index (χ0) is 17.8. The molecule has 2 aliphatic rings. The predicted molar refractivity (Wildman–Crippen MR) is 93.6 cm³/mol. The van der Waals surface area contributed by atoms with Gasteiger partial charge in [0.05, 0.1) is 12.8 Å². The second-order valence-corrected chi connectivity index (χ2v) is 8.16. The molecule has 0 unspecified atom stereocenters. The standard InChI is InChI=1S/C20H24N2O3/c1-12-17-15(9-20(2,3)10-16(17)23)21-18(12)19(24)22(13-6-7-13)11-14-5-4-8-25-14/h4-5,8,13,21H,6-7,9-11H2,1-3H3. The molecule has 1 N–H and O–H groups in total. The molecule has 4 rings (SSSR count). The quantitative estimate of drug-likeness (QED) is 0.918. The van der Waals surface area contributed by atoms with Crippen LogP contribution in [0.1, 0.15) is 71.0 Å². The number of furan rings is 1. The number of nitrogens with one attached hydrogen (secondary N) is 1. The van der Waals surface area contributed by atoms with Gasteiger partial charge >= 0.3 is 0 Å². The number of fused-ring (bicyclic) bond motifs is 1. The molecule has 2 aromatic heterocycles. The Bertz CT molecular complexity index is 825. The number of rotatable bonds is 4. The van der Waals surface area contributed by atoms with E-state index >= 15 is 0 Å². The van der Waals surface area contributed by atoms with Crippen LogP contribution in [0, 0.1) is 12.3 Å². The van der Waals surface area contributed by atoms with Crippen molar-refractivity contribution in [1.82, 2.24) is 9.88 Å². The van der Waals surface area contributed by atoms with Crippen molar-refractivity contribution in [1.29, 1.82) is 0 Å². The van der Waals surface area contributed by atoms with Crippen LogP contribution in [0.2, 0.25) is 0 Å². The van der Waals surface area contributed by atoms with Gasteiger partial charge in [-0.3, -0.25) is 9.59 Å². The molecule has 0 aliphatic heterocycles. The van der Waals surface area contributed by atoms with Crippen molar-refractivity contribution in [3.8, 4) is 0 Å². The molecular formula is C20H24N2O3. The first kappa shape index (κ1) is 16.2. The van der Waals surface area contributed by atoms with Crippen molar-refractivity contribution in [2.24, 2.45) is 5.41 Å². The van der Waals surface area contributed by atoms with Crippen molar-refractivity contribution in [2.45, 2.75) is 59.0 Å². The number of aromatic nitrogens is 1. The number of aromatic amines is 1. The Morgan fingerprint density at radius 1 is 1.36 bits per heavy atom. The van der Waals surface area contributed by atoms with Crippen molar-refractivity contribution in [3.63, 3.8) is 0 Å². The number of amides is 1. The number of H-pyrrole nitrogens is 1. The first-order valence-corrected chi connectivity index (χ1v) is 8.94. The molecule has 2 aromatic rings. The Hall–Kier alpha value is -2.30. The van der Waals surface area contributed by atoms with Gasteiger partial charge in [-0.1, -0.05) is 13.8 Å². The number of hydrogen-bond donors (Lipinski definition) is 1. The third kappa shape index (κ3) is 2.92. The second kappa shape index (κ2) is 5.61. The summed E-state index contributed by atoms with van der Waals surface area (Å²) >= 11 is 0. The van der Waals surface area contributed by atoms with Crippen LogP contribution in [0.4, 0.5) is 0 Å². The van der Waals surface area contributed by atoms with E-state index in [1.807, 2.05) is 24.0 Å². The number of carbonyl (C=O) groups is 2. The maximum atomic E-state index is 13.2. The lowest BCUT2D eigenvalue weighted by atomic mass is 9.75. The van der Waals surface area contributed by atoms with Crippen LogP contribution in [-0.2, 0) is 13.0 Å². The normalized spacial score (nSPS) is 18.9. The summed E-state index contributed by atoms with van der Waals surface area (Å²) in [6.45, 7) is 6.55. The van der Waals surface area contributed by atoms with Crippen LogP contribution in [0.5, 0.6) is 0 Å². The number of hydrogen-bond acceptors (Lipinski definition) is 3. The van der Waals surface area contributed by atoms with Crippen molar-refractivity contribution in [2.75, 3.05) is 0 Å². The predicted octanol–water partition coefficient (Wildman–Crippen LogP) is 3.88. The summed E-state index contributed by atoms with van der Waals surface area (Å²) in [4.78, 5) is 30.9. The maximum Gasteiger partial charge on any atom is 0.271 e. The topological polar surface area (TPSA) is 66.3 Å². The molecule has 132 valence electrons. The lowest BCUT2D eigenvalue weighted by Crippen LogP contribution is -2.33. The summed E-state index contributed by atoms with van der Waals surface area (Å²) in [6, 6.07) is 4.00. The van der Waals surface area contributed by atoms with E-state index in [1.54, 1.807) is 6.26 Å². The fourth-order valence-electron chi connectivity index (χ4n) is 3.91. The fourth-order valence-corrected chi connectivity index (χ4v) is 3.91. The summed E-state index contributed by atoms with van der Waals surface area (Å²) in [5, 5.41) is 0. The fraction of sp³-hybridized carbons (Fsp3) is 0.500. The first-order valence-electron chi connectivity index (χ1n) is 8.94. The summed E-state index contributed by atoms with van der Waals surface area (Å²) in [5.41, 5.74) is 2.94.